The molecule has 0 aromatic carbocycles. The van der Waals surface area contributed by atoms with Crippen molar-refractivity contribution in [3.63, 3.8) is 0 Å². The van der Waals surface area contributed by atoms with E-state index in [1.165, 1.54) is 0 Å². The van der Waals surface area contributed by atoms with Crippen LogP contribution in [-0.4, -0.2) is 32.0 Å². The monoisotopic (exact) mass is 309 g/mol. The molecule has 21 heavy (non-hydrogen) atoms. The van der Waals surface area contributed by atoms with Gasteiger partial charge in [-0.3, -0.25) is 14.2 Å². The van der Waals surface area contributed by atoms with Gasteiger partial charge in [0.25, 0.3) is 5.91 Å². The number of carbonyl (C=O) groups excluding carboxylic acids is 1. The highest BCUT2D eigenvalue weighted by molar-refractivity contribution is 6.31. The molecule has 0 atom stereocenters. The topological polar surface area (TPSA) is 64.7 Å². The summed E-state index contributed by atoms with van der Waals surface area (Å²) < 4.78 is 3.46. The minimum absolute atomic E-state index is 0.107. The Morgan fingerprint density at radius 1 is 1.33 bits per heavy atom. The van der Waals surface area contributed by atoms with Crippen LogP contribution in [0.4, 0.5) is 0 Å². The van der Waals surface area contributed by atoms with Crippen molar-refractivity contribution in [2.24, 2.45) is 7.05 Å². The SMILES string of the molecule is Cc1cc(C(=O)NCCCn2nc(C)c(Cl)c2C)n(C)n1. The lowest BCUT2D eigenvalue weighted by Gasteiger charge is -2.07. The fourth-order valence-electron chi connectivity index (χ4n) is 2.24. The van der Waals surface area contributed by atoms with Crippen LogP contribution in [-0.2, 0) is 13.6 Å². The number of amides is 1. The van der Waals surface area contributed by atoms with E-state index < -0.39 is 0 Å². The Morgan fingerprint density at radius 2 is 2.05 bits per heavy atom. The van der Waals surface area contributed by atoms with Gasteiger partial charge in [-0.2, -0.15) is 10.2 Å². The van der Waals surface area contributed by atoms with Crippen LogP contribution in [0.15, 0.2) is 6.07 Å². The second-order valence-electron chi connectivity index (χ2n) is 5.11. The Balaban J connectivity index is 1.83. The molecule has 2 heterocycles. The highest BCUT2D eigenvalue weighted by atomic mass is 35.5. The summed E-state index contributed by atoms with van der Waals surface area (Å²) in [5, 5.41) is 12.1. The van der Waals surface area contributed by atoms with Crippen LogP contribution in [0.3, 0.4) is 0 Å². The number of nitrogens with zero attached hydrogens (tertiary/aromatic N) is 4. The van der Waals surface area contributed by atoms with Crippen LogP contribution >= 0.6 is 11.6 Å². The van der Waals surface area contributed by atoms with Gasteiger partial charge in [0.1, 0.15) is 5.69 Å². The van der Waals surface area contributed by atoms with Gasteiger partial charge in [0.05, 0.1) is 22.1 Å². The molecular weight excluding hydrogens is 290 g/mol. The van der Waals surface area contributed by atoms with Gasteiger partial charge in [-0.15, -0.1) is 0 Å². The molecule has 6 nitrogen and oxygen atoms in total. The zero-order chi connectivity index (χ0) is 15.6. The fraction of sp³-hybridized carbons (Fsp3) is 0.500. The van der Waals surface area contributed by atoms with Gasteiger partial charge in [0.2, 0.25) is 0 Å². The van der Waals surface area contributed by atoms with Gasteiger partial charge < -0.3 is 5.32 Å². The first kappa shape index (κ1) is 15.6. The number of halogens is 1. The van der Waals surface area contributed by atoms with Crippen molar-refractivity contribution < 1.29 is 4.79 Å². The zero-order valence-corrected chi connectivity index (χ0v) is 13.5. The number of carbonyl (C=O) groups is 1. The van der Waals surface area contributed by atoms with E-state index in [-0.39, 0.29) is 5.91 Å². The second kappa shape index (κ2) is 6.30. The normalized spacial score (nSPS) is 10.9. The predicted molar refractivity (Wildman–Crippen MR) is 81.6 cm³/mol. The van der Waals surface area contributed by atoms with Crippen molar-refractivity contribution in [1.29, 1.82) is 0 Å². The van der Waals surface area contributed by atoms with E-state index in [4.69, 9.17) is 11.6 Å². The minimum atomic E-state index is -0.107. The molecule has 2 rings (SSSR count). The minimum Gasteiger partial charge on any atom is -0.351 e. The maximum atomic E-state index is 12.0. The molecule has 0 saturated heterocycles. The number of hydrogen-bond acceptors (Lipinski definition) is 3. The van der Waals surface area contributed by atoms with E-state index in [0.29, 0.717) is 17.3 Å². The van der Waals surface area contributed by atoms with E-state index in [1.54, 1.807) is 17.8 Å². The summed E-state index contributed by atoms with van der Waals surface area (Å²) in [4.78, 5) is 12.0. The summed E-state index contributed by atoms with van der Waals surface area (Å²) in [6.45, 7) is 7.00. The third-order valence-corrected chi connectivity index (χ3v) is 3.91. The Hall–Kier alpha value is -1.82. The molecule has 2 aromatic heterocycles. The van der Waals surface area contributed by atoms with Crippen molar-refractivity contribution in [2.75, 3.05) is 6.54 Å². The van der Waals surface area contributed by atoms with Crippen LogP contribution in [0.1, 0.15) is 34.0 Å². The van der Waals surface area contributed by atoms with Crippen LogP contribution in [0.5, 0.6) is 0 Å². The van der Waals surface area contributed by atoms with E-state index in [2.05, 4.69) is 15.5 Å². The van der Waals surface area contributed by atoms with Gasteiger partial charge >= 0.3 is 0 Å². The zero-order valence-electron chi connectivity index (χ0n) is 12.8. The van der Waals surface area contributed by atoms with Crippen molar-refractivity contribution >= 4 is 17.5 Å². The molecule has 0 radical (unpaired) electrons. The summed E-state index contributed by atoms with van der Waals surface area (Å²) >= 11 is 6.10. The van der Waals surface area contributed by atoms with Gasteiger partial charge in [-0.05, 0) is 33.3 Å². The number of rotatable bonds is 5. The molecule has 0 aliphatic rings. The summed E-state index contributed by atoms with van der Waals surface area (Å²) in [5.74, 6) is -0.107. The predicted octanol–water partition coefficient (Wildman–Crippen LogP) is 2.02. The quantitative estimate of drug-likeness (QED) is 0.859. The Labute approximate surface area is 129 Å². The molecule has 7 heteroatoms. The van der Waals surface area contributed by atoms with Crippen LogP contribution in [0, 0.1) is 20.8 Å². The van der Waals surface area contributed by atoms with E-state index >= 15 is 0 Å². The fourth-order valence-corrected chi connectivity index (χ4v) is 2.37. The lowest BCUT2D eigenvalue weighted by atomic mass is 10.3. The molecule has 1 N–H and O–H groups in total. The van der Waals surface area contributed by atoms with E-state index in [1.807, 2.05) is 25.5 Å². The third kappa shape index (κ3) is 3.44. The van der Waals surface area contributed by atoms with Crippen LogP contribution in [0.2, 0.25) is 5.02 Å². The molecular formula is C14H20ClN5O. The van der Waals surface area contributed by atoms with E-state index in [0.717, 1.165) is 30.0 Å². The van der Waals surface area contributed by atoms with Gasteiger partial charge in [-0.1, -0.05) is 11.6 Å². The van der Waals surface area contributed by atoms with Gasteiger partial charge in [-0.25, -0.2) is 0 Å². The number of aromatic nitrogens is 4. The Bertz CT molecular complexity index is 659. The molecule has 0 unspecified atom stereocenters. The van der Waals surface area contributed by atoms with Gasteiger partial charge in [0, 0.05) is 20.1 Å². The largest absolute Gasteiger partial charge is 0.351 e. The molecule has 0 bridgehead atoms. The van der Waals surface area contributed by atoms with Crippen molar-refractivity contribution in [2.45, 2.75) is 33.7 Å². The summed E-state index contributed by atoms with van der Waals surface area (Å²) in [7, 11) is 1.76. The van der Waals surface area contributed by atoms with Crippen molar-refractivity contribution in [3.05, 3.63) is 33.9 Å². The van der Waals surface area contributed by atoms with Crippen molar-refractivity contribution in [1.82, 2.24) is 24.9 Å². The summed E-state index contributed by atoms with van der Waals surface area (Å²) in [5.41, 5.74) is 3.20. The Kier molecular flexibility index (Phi) is 4.67. The summed E-state index contributed by atoms with van der Waals surface area (Å²) in [6, 6.07) is 1.77. The number of hydrogen-bond donors (Lipinski definition) is 1. The van der Waals surface area contributed by atoms with E-state index in [9.17, 15) is 4.79 Å². The molecule has 0 aliphatic heterocycles. The Morgan fingerprint density at radius 3 is 2.57 bits per heavy atom. The number of nitrogens with one attached hydrogen (secondary N) is 1. The lowest BCUT2D eigenvalue weighted by Crippen LogP contribution is -2.27. The molecule has 2 aromatic rings. The molecule has 0 saturated carbocycles. The first-order valence-corrected chi connectivity index (χ1v) is 7.26. The number of aryl methyl sites for hydroxylation is 4. The average molecular weight is 310 g/mol. The third-order valence-electron chi connectivity index (χ3n) is 3.36. The molecule has 0 aliphatic carbocycles. The van der Waals surface area contributed by atoms with Crippen LogP contribution < -0.4 is 5.32 Å². The molecule has 1 amide bonds. The van der Waals surface area contributed by atoms with Gasteiger partial charge in [0.15, 0.2) is 0 Å². The summed E-state index contributed by atoms with van der Waals surface area (Å²) in [6.07, 6.45) is 0.793. The smallest absolute Gasteiger partial charge is 0.269 e. The second-order valence-corrected chi connectivity index (χ2v) is 5.49. The standard InChI is InChI=1S/C14H20ClN5O/c1-9-8-12(19(4)17-9)14(21)16-6-5-7-20-11(3)13(15)10(2)18-20/h8H,5-7H2,1-4H3,(H,16,21). The highest BCUT2D eigenvalue weighted by Crippen LogP contribution is 2.18. The molecule has 0 fully saturated rings. The van der Waals surface area contributed by atoms with Crippen molar-refractivity contribution in [3.8, 4) is 0 Å². The molecule has 114 valence electrons. The maximum absolute atomic E-state index is 12.0. The highest BCUT2D eigenvalue weighted by Gasteiger charge is 2.11. The lowest BCUT2D eigenvalue weighted by molar-refractivity contribution is 0.0943. The first-order chi connectivity index (χ1) is 9.90. The molecule has 0 spiro atoms. The maximum Gasteiger partial charge on any atom is 0.269 e. The first-order valence-electron chi connectivity index (χ1n) is 6.88. The van der Waals surface area contributed by atoms with Crippen LogP contribution in [0.25, 0.3) is 0 Å². The average Bonchev–Trinajstić information content (AvgIpc) is 2.89.